The van der Waals surface area contributed by atoms with Gasteiger partial charge < -0.3 is 15.8 Å². The first-order valence-electron chi connectivity index (χ1n) is 5.97. The standard InChI is InChI=1S/C11H8F3N5O4S/c1-23-10-18-7(11(12,13)14)6(24-10)9(20)17-5-3-2-4(19(21)22)8(15)16-5/h2-3H,1H3,(H3,15,16,17,20). The van der Waals surface area contributed by atoms with Crippen LogP contribution in [0.3, 0.4) is 0 Å². The van der Waals surface area contributed by atoms with E-state index in [-0.39, 0.29) is 11.0 Å². The number of carbonyl (C=O) groups excluding carboxylic acids is 1. The first-order chi connectivity index (χ1) is 11.1. The van der Waals surface area contributed by atoms with Crippen LogP contribution < -0.4 is 15.8 Å². The molecule has 13 heteroatoms. The lowest BCUT2D eigenvalue weighted by atomic mass is 10.3. The zero-order chi connectivity index (χ0) is 18.1. The van der Waals surface area contributed by atoms with E-state index in [1.54, 1.807) is 0 Å². The van der Waals surface area contributed by atoms with Gasteiger partial charge in [0, 0.05) is 6.07 Å². The van der Waals surface area contributed by atoms with Gasteiger partial charge in [-0.3, -0.25) is 14.9 Å². The molecule has 2 aromatic rings. The van der Waals surface area contributed by atoms with Crippen molar-refractivity contribution in [3.8, 4) is 5.19 Å². The molecule has 9 nitrogen and oxygen atoms in total. The van der Waals surface area contributed by atoms with Gasteiger partial charge in [-0.25, -0.2) is 4.98 Å². The van der Waals surface area contributed by atoms with Gasteiger partial charge in [-0.05, 0) is 6.07 Å². The van der Waals surface area contributed by atoms with Crippen LogP contribution in [0.5, 0.6) is 5.19 Å². The molecule has 0 aliphatic rings. The van der Waals surface area contributed by atoms with Gasteiger partial charge in [-0.15, -0.1) is 0 Å². The van der Waals surface area contributed by atoms with Crippen LogP contribution in [-0.4, -0.2) is 27.9 Å². The minimum Gasteiger partial charge on any atom is -0.473 e. The monoisotopic (exact) mass is 363 g/mol. The van der Waals surface area contributed by atoms with E-state index in [0.717, 1.165) is 19.2 Å². The number of methoxy groups -OCH3 is 1. The Morgan fingerprint density at radius 2 is 2.08 bits per heavy atom. The quantitative estimate of drug-likeness (QED) is 0.629. The molecule has 0 atom stereocenters. The molecule has 0 aromatic carbocycles. The molecule has 0 bridgehead atoms. The smallest absolute Gasteiger partial charge is 0.435 e. The number of nitro groups is 1. The topological polar surface area (TPSA) is 133 Å². The molecule has 0 aliphatic heterocycles. The maximum atomic E-state index is 12.9. The fourth-order valence-corrected chi connectivity index (χ4v) is 2.40. The second-order valence-electron chi connectivity index (χ2n) is 4.17. The Hall–Kier alpha value is -2.96. The van der Waals surface area contributed by atoms with E-state index in [9.17, 15) is 28.1 Å². The number of halogens is 3. The number of carbonyl (C=O) groups is 1. The summed E-state index contributed by atoms with van der Waals surface area (Å²) < 4.78 is 43.3. The fraction of sp³-hybridized carbons (Fsp3) is 0.182. The zero-order valence-electron chi connectivity index (χ0n) is 11.7. The second-order valence-corrected chi connectivity index (χ2v) is 5.13. The van der Waals surface area contributed by atoms with E-state index in [1.165, 1.54) is 0 Å². The van der Waals surface area contributed by atoms with Crippen molar-refractivity contribution in [2.75, 3.05) is 18.2 Å². The Morgan fingerprint density at radius 1 is 1.42 bits per heavy atom. The largest absolute Gasteiger partial charge is 0.473 e. The molecular weight excluding hydrogens is 355 g/mol. The molecule has 128 valence electrons. The average molecular weight is 363 g/mol. The van der Waals surface area contributed by atoms with Crippen LogP contribution in [0.25, 0.3) is 0 Å². The molecule has 2 aromatic heterocycles. The van der Waals surface area contributed by atoms with Gasteiger partial charge in [0.15, 0.2) is 5.69 Å². The van der Waals surface area contributed by atoms with E-state index in [0.29, 0.717) is 11.3 Å². The van der Waals surface area contributed by atoms with Crippen molar-refractivity contribution in [3.63, 3.8) is 0 Å². The number of anilines is 2. The van der Waals surface area contributed by atoms with Gasteiger partial charge in [0.2, 0.25) is 5.82 Å². The Balaban J connectivity index is 2.32. The van der Waals surface area contributed by atoms with Crippen molar-refractivity contribution >= 4 is 34.6 Å². The minimum atomic E-state index is -4.86. The number of alkyl halides is 3. The first-order valence-corrected chi connectivity index (χ1v) is 6.79. The van der Waals surface area contributed by atoms with Gasteiger partial charge in [0.1, 0.15) is 10.7 Å². The average Bonchev–Trinajstić information content (AvgIpc) is 2.91. The number of nitrogens with two attached hydrogens (primary N) is 1. The van der Waals surface area contributed by atoms with Crippen LogP contribution in [0.1, 0.15) is 15.4 Å². The third kappa shape index (κ3) is 3.51. The molecule has 0 unspecified atom stereocenters. The number of amides is 1. The van der Waals surface area contributed by atoms with E-state index in [4.69, 9.17) is 5.73 Å². The summed E-state index contributed by atoms with van der Waals surface area (Å²) in [6.07, 6.45) is -4.86. The molecule has 0 radical (unpaired) electrons. The molecule has 24 heavy (non-hydrogen) atoms. The SMILES string of the molecule is COc1nc(C(F)(F)F)c(C(=O)Nc2ccc([N+](=O)[O-])c(N)n2)s1. The van der Waals surface area contributed by atoms with Gasteiger partial charge in [0.05, 0.1) is 12.0 Å². The number of hydrogen-bond acceptors (Lipinski definition) is 8. The number of hydrogen-bond donors (Lipinski definition) is 2. The van der Waals surface area contributed by atoms with Crippen LogP contribution in [-0.2, 0) is 6.18 Å². The van der Waals surface area contributed by atoms with Gasteiger partial charge in [-0.1, -0.05) is 11.3 Å². The summed E-state index contributed by atoms with van der Waals surface area (Å²) in [7, 11) is 1.11. The maximum Gasteiger partial charge on any atom is 0.435 e. The number of rotatable bonds is 4. The Bertz CT molecular complexity index is 807. The fourth-order valence-electron chi connectivity index (χ4n) is 1.60. The number of pyridine rings is 1. The van der Waals surface area contributed by atoms with Crippen LogP contribution in [0.4, 0.5) is 30.5 Å². The van der Waals surface area contributed by atoms with Crippen molar-refractivity contribution in [2.45, 2.75) is 6.18 Å². The van der Waals surface area contributed by atoms with E-state index < -0.39 is 39.1 Å². The molecular formula is C11H8F3N5O4S. The molecule has 0 fully saturated rings. The molecule has 2 rings (SSSR count). The highest BCUT2D eigenvalue weighted by Gasteiger charge is 2.40. The summed E-state index contributed by atoms with van der Waals surface area (Å²) in [5.41, 5.74) is 3.45. The van der Waals surface area contributed by atoms with Crippen LogP contribution in [0.2, 0.25) is 0 Å². The van der Waals surface area contributed by atoms with Crippen molar-refractivity contribution in [3.05, 3.63) is 32.8 Å². The van der Waals surface area contributed by atoms with Gasteiger partial charge >= 0.3 is 11.9 Å². The van der Waals surface area contributed by atoms with Gasteiger partial charge in [0.25, 0.3) is 11.1 Å². The number of ether oxygens (including phenoxy) is 1. The van der Waals surface area contributed by atoms with Gasteiger partial charge in [-0.2, -0.15) is 18.2 Å². The predicted molar refractivity (Wildman–Crippen MR) is 76.9 cm³/mol. The van der Waals surface area contributed by atoms with Crippen molar-refractivity contribution < 1.29 is 27.6 Å². The Labute approximate surface area is 135 Å². The molecule has 0 aliphatic carbocycles. The summed E-state index contributed by atoms with van der Waals surface area (Å²) in [5.74, 6) is -1.89. The third-order valence-electron chi connectivity index (χ3n) is 2.60. The Morgan fingerprint density at radius 3 is 2.58 bits per heavy atom. The summed E-state index contributed by atoms with van der Waals surface area (Å²) in [6.45, 7) is 0. The first kappa shape index (κ1) is 17.4. The van der Waals surface area contributed by atoms with Crippen molar-refractivity contribution in [1.29, 1.82) is 0 Å². The highest BCUT2D eigenvalue weighted by Crippen LogP contribution is 2.37. The zero-order valence-corrected chi connectivity index (χ0v) is 12.6. The van der Waals surface area contributed by atoms with E-state index in [2.05, 4.69) is 20.0 Å². The number of thiazole rings is 1. The molecule has 0 spiro atoms. The number of nitrogens with zero attached hydrogens (tertiary/aromatic N) is 3. The molecule has 1 amide bonds. The van der Waals surface area contributed by atoms with Crippen LogP contribution in [0, 0.1) is 10.1 Å². The lowest BCUT2D eigenvalue weighted by molar-refractivity contribution is -0.384. The van der Waals surface area contributed by atoms with Crippen molar-refractivity contribution in [1.82, 2.24) is 9.97 Å². The number of aromatic nitrogens is 2. The van der Waals surface area contributed by atoms with Crippen LogP contribution in [0.15, 0.2) is 12.1 Å². The summed E-state index contributed by atoms with van der Waals surface area (Å²) in [6, 6.07) is 2.01. The second kappa shape index (κ2) is 6.27. The third-order valence-corrected chi connectivity index (χ3v) is 3.61. The lowest BCUT2D eigenvalue weighted by Gasteiger charge is -2.07. The minimum absolute atomic E-state index is 0.247. The van der Waals surface area contributed by atoms with Crippen LogP contribution >= 0.6 is 11.3 Å². The van der Waals surface area contributed by atoms with E-state index >= 15 is 0 Å². The Kier molecular flexibility index (Phi) is 4.54. The van der Waals surface area contributed by atoms with Crippen molar-refractivity contribution in [2.24, 2.45) is 0 Å². The number of nitrogens with one attached hydrogen (secondary N) is 1. The summed E-state index contributed by atoms with van der Waals surface area (Å²) in [5, 5.41) is 12.4. The molecule has 3 N–H and O–H groups in total. The highest BCUT2D eigenvalue weighted by molar-refractivity contribution is 7.15. The molecule has 0 saturated carbocycles. The number of nitrogen functional groups attached to an aromatic ring is 1. The summed E-state index contributed by atoms with van der Waals surface area (Å²) >= 11 is 0.393. The lowest BCUT2D eigenvalue weighted by Crippen LogP contribution is -2.18. The highest BCUT2D eigenvalue weighted by atomic mass is 32.1. The normalized spacial score (nSPS) is 11.2. The maximum absolute atomic E-state index is 12.9. The molecule has 2 heterocycles. The predicted octanol–water partition coefficient (Wildman–Crippen LogP) is 2.31. The van der Waals surface area contributed by atoms with E-state index in [1.807, 2.05) is 0 Å². The molecule has 0 saturated heterocycles. The summed E-state index contributed by atoms with van der Waals surface area (Å²) in [4.78, 5) is 27.9.